The van der Waals surface area contributed by atoms with Gasteiger partial charge in [0.2, 0.25) is 0 Å². The number of aliphatic hydroxyl groups excluding tert-OH is 1. The molecule has 2 rings (SSSR count). The van der Waals surface area contributed by atoms with E-state index in [1.807, 2.05) is 32.0 Å². The lowest BCUT2D eigenvalue weighted by Gasteiger charge is -2.10. The molecule has 0 aliphatic heterocycles. The number of fused-ring (bicyclic) bond motifs is 1. The largest absolute Gasteiger partial charge is 0.387 e. The molecular weight excluding hydrogens is 222 g/mol. The Morgan fingerprint density at radius 1 is 1.19 bits per heavy atom. The first-order valence-corrected chi connectivity index (χ1v) is 5.62. The molecule has 0 saturated heterocycles. The molecule has 1 heterocycles. The number of rotatable bonds is 1. The third-order valence-corrected chi connectivity index (χ3v) is 2.94. The summed E-state index contributed by atoms with van der Waals surface area (Å²) < 4.78 is 0. The number of aliphatic hydroxyl groups is 1. The van der Waals surface area contributed by atoms with Gasteiger partial charge in [0, 0.05) is 10.4 Å². The fourth-order valence-corrected chi connectivity index (χ4v) is 2.13. The van der Waals surface area contributed by atoms with Gasteiger partial charge in [-0.05, 0) is 50.1 Å². The van der Waals surface area contributed by atoms with Crippen LogP contribution in [0.2, 0.25) is 5.02 Å². The second-order valence-corrected chi connectivity index (χ2v) is 4.60. The topological polar surface area (TPSA) is 33.1 Å². The lowest BCUT2D eigenvalue weighted by atomic mass is 10.0. The molecule has 0 spiro atoms. The standard InChI is InChI=1S/C13H14ClNO/c1-7-5-12(9(3)16)15-13-8(2)4-10(14)6-11(7)13/h4-6,9,16H,1-3H3. The van der Waals surface area contributed by atoms with Crippen molar-refractivity contribution >= 4 is 22.5 Å². The van der Waals surface area contributed by atoms with E-state index in [0.717, 1.165) is 27.1 Å². The number of aryl methyl sites for hydroxylation is 2. The van der Waals surface area contributed by atoms with Crippen LogP contribution in [0.1, 0.15) is 29.8 Å². The molecule has 0 bridgehead atoms. The van der Waals surface area contributed by atoms with Crippen LogP contribution in [0.25, 0.3) is 10.9 Å². The summed E-state index contributed by atoms with van der Waals surface area (Å²) in [7, 11) is 0. The maximum atomic E-state index is 9.56. The molecule has 0 fully saturated rings. The van der Waals surface area contributed by atoms with Crippen LogP contribution in [0, 0.1) is 13.8 Å². The van der Waals surface area contributed by atoms with E-state index in [4.69, 9.17) is 11.6 Å². The van der Waals surface area contributed by atoms with Crippen LogP contribution in [-0.2, 0) is 0 Å². The van der Waals surface area contributed by atoms with E-state index in [0.29, 0.717) is 5.69 Å². The summed E-state index contributed by atoms with van der Waals surface area (Å²) in [6.45, 7) is 5.71. The first-order valence-electron chi connectivity index (χ1n) is 5.24. The summed E-state index contributed by atoms with van der Waals surface area (Å²) in [5.74, 6) is 0. The first-order chi connectivity index (χ1) is 7.49. The monoisotopic (exact) mass is 235 g/mol. The van der Waals surface area contributed by atoms with Crippen LogP contribution in [0.4, 0.5) is 0 Å². The number of benzene rings is 1. The molecule has 2 nitrogen and oxygen atoms in total. The van der Waals surface area contributed by atoms with Gasteiger partial charge in [0.15, 0.2) is 0 Å². The van der Waals surface area contributed by atoms with Gasteiger partial charge in [-0.3, -0.25) is 0 Å². The van der Waals surface area contributed by atoms with Gasteiger partial charge < -0.3 is 5.11 Å². The van der Waals surface area contributed by atoms with Gasteiger partial charge >= 0.3 is 0 Å². The summed E-state index contributed by atoms with van der Waals surface area (Å²) >= 11 is 6.02. The van der Waals surface area contributed by atoms with Crippen LogP contribution in [0.15, 0.2) is 18.2 Å². The van der Waals surface area contributed by atoms with E-state index in [1.54, 1.807) is 6.92 Å². The highest BCUT2D eigenvalue weighted by molar-refractivity contribution is 6.31. The number of hydrogen-bond acceptors (Lipinski definition) is 2. The molecule has 0 amide bonds. The maximum Gasteiger partial charge on any atom is 0.0932 e. The van der Waals surface area contributed by atoms with Crippen LogP contribution in [-0.4, -0.2) is 10.1 Å². The molecule has 84 valence electrons. The minimum atomic E-state index is -0.543. The van der Waals surface area contributed by atoms with E-state index in [9.17, 15) is 5.11 Å². The Kier molecular flexibility index (Phi) is 2.87. The predicted octanol–water partition coefficient (Wildman–Crippen LogP) is 3.56. The molecular formula is C13H14ClNO. The molecule has 0 saturated carbocycles. The van der Waals surface area contributed by atoms with Gasteiger partial charge in [-0.15, -0.1) is 0 Å². The van der Waals surface area contributed by atoms with Gasteiger partial charge in [0.1, 0.15) is 0 Å². The Labute approximate surface area is 99.9 Å². The Morgan fingerprint density at radius 2 is 1.88 bits per heavy atom. The molecule has 1 N–H and O–H groups in total. The summed E-state index contributed by atoms with van der Waals surface area (Å²) in [5.41, 5.74) is 3.75. The van der Waals surface area contributed by atoms with Crippen LogP contribution < -0.4 is 0 Å². The van der Waals surface area contributed by atoms with E-state index >= 15 is 0 Å². The molecule has 2 aromatic rings. The summed E-state index contributed by atoms with van der Waals surface area (Å²) in [4.78, 5) is 4.47. The Hall–Kier alpha value is -1.12. The minimum Gasteiger partial charge on any atom is -0.387 e. The zero-order valence-electron chi connectivity index (χ0n) is 9.58. The number of aromatic nitrogens is 1. The van der Waals surface area contributed by atoms with Gasteiger partial charge in [-0.25, -0.2) is 4.98 Å². The minimum absolute atomic E-state index is 0.543. The Bertz CT molecular complexity index is 549. The first kappa shape index (κ1) is 11.4. The van der Waals surface area contributed by atoms with Crippen LogP contribution in [0.5, 0.6) is 0 Å². The molecule has 3 heteroatoms. The second-order valence-electron chi connectivity index (χ2n) is 4.16. The lowest BCUT2D eigenvalue weighted by molar-refractivity contribution is 0.194. The average molecular weight is 236 g/mol. The number of hydrogen-bond donors (Lipinski definition) is 1. The average Bonchev–Trinajstić information content (AvgIpc) is 2.19. The van der Waals surface area contributed by atoms with E-state index in [-0.39, 0.29) is 0 Å². The van der Waals surface area contributed by atoms with Crippen LogP contribution >= 0.6 is 11.6 Å². The van der Waals surface area contributed by atoms with Crippen molar-refractivity contribution in [1.82, 2.24) is 4.98 Å². The smallest absolute Gasteiger partial charge is 0.0932 e. The molecule has 0 aliphatic carbocycles. The zero-order valence-corrected chi connectivity index (χ0v) is 10.3. The summed E-state index contributed by atoms with van der Waals surface area (Å²) in [5, 5.41) is 11.3. The van der Waals surface area contributed by atoms with Crippen molar-refractivity contribution < 1.29 is 5.11 Å². The fraction of sp³-hybridized carbons (Fsp3) is 0.308. The Morgan fingerprint density at radius 3 is 2.50 bits per heavy atom. The van der Waals surface area contributed by atoms with E-state index in [2.05, 4.69) is 4.98 Å². The molecule has 1 aromatic heterocycles. The third kappa shape index (κ3) is 1.91. The van der Waals surface area contributed by atoms with Gasteiger partial charge in [-0.2, -0.15) is 0 Å². The molecule has 1 atom stereocenters. The van der Waals surface area contributed by atoms with Crippen molar-refractivity contribution in [2.24, 2.45) is 0 Å². The highest BCUT2D eigenvalue weighted by atomic mass is 35.5. The quantitative estimate of drug-likeness (QED) is 0.820. The highest BCUT2D eigenvalue weighted by Gasteiger charge is 2.09. The molecule has 0 radical (unpaired) electrons. The van der Waals surface area contributed by atoms with Crippen molar-refractivity contribution in [1.29, 1.82) is 0 Å². The van der Waals surface area contributed by atoms with Crippen molar-refractivity contribution in [3.63, 3.8) is 0 Å². The summed E-state index contributed by atoms with van der Waals surface area (Å²) in [6, 6.07) is 5.71. The molecule has 1 unspecified atom stereocenters. The molecule has 0 aliphatic rings. The predicted molar refractivity (Wildman–Crippen MR) is 66.9 cm³/mol. The van der Waals surface area contributed by atoms with E-state index < -0.39 is 6.10 Å². The van der Waals surface area contributed by atoms with Crippen molar-refractivity contribution in [2.75, 3.05) is 0 Å². The highest BCUT2D eigenvalue weighted by Crippen LogP contribution is 2.26. The normalized spacial score (nSPS) is 13.1. The van der Waals surface area contributed by atoms with Crippen molar-refractivity contribution in [3.8, 4) is 0 Å². The second kappa shape index (κ2) is 4.04. The molecule has 16 heavy (non-hydrogen) atoms. The summed E-state index contributed by atoms with van der Waals surface area (Å²) in [6.07, 6.45) is -0.543. The number of nitrogens with zero attached hydrogens (tertiary/aromatic N) is 1. The maximum absolute atomic E-state index is 9.56. The molecule has 1 aromatic carbocycles. The lowest BCUT2D eigenvalue weighted by Crippen LogP contribution is -1.98. The fourth-order valence-electron chi connectivity index (χ4n) is 1.86. The number of halogens is 1. The van der Waals surface area contributed by atoms with Crippen LogP contribution in [0.3, 0.4) is 0 Å². The third-order valence-electron chi connectivity index (χ3n) is 2.72. The van der Waals surface area contributed by atoms with Gasteiger partial charge in [0.05, 0.1) is 17.3 Å². The SMILES string of the molecule is Cc1cc(C(C)O)nc2c(C)cc(Cl)cc12. The van der Waals surface area contributed by atoms with Gasteiger partial charge in [-0.1, -0.05) is 11.6 Å². The van der Waals surface area contributed by atoms with Crippen molar-refractivity contribution in [2.45, 2.75) is 26.9 Å². The zero-order chi connectivity index (χ0) is 11.9. The van der Waals surface area contributed by atoms with Crippen molar-refractivity contribution in [3.05, 3.63) is 40.0 Å². The number of pyridine rings is 1. The van der Waals surface area contributed by atoms with E-state index in [1.165, 1.54) is 0 Å². The van der Waals surface area contributed by atoms with Gasteiger partial charge in [0.25, 0.3) is 0 Å². The Balaban J connectivity index is 2.82.